The van der Waals surface area contributed by atoms with Gasteiger partial charge in [0.05, 0.1) is 5.75 Å². The molecule has 1 aliphatic rings. The fourth-order valence-corrected chi connectivity index (χ4v) is 3.04. The van der Waals surface area contributed by atoms with Crippen molar-refractivity contribution in [3.05, 3.63) is 27.8 Å². The molecule has 0 bridgehead atoms. The summed E-state index contributed by atoms with van der Waals surface area (Å²) in [7, 11) is 0. The SMILES string of the molecule is O=C(CSCC1CNC1)Nc1cccc(I)c1. The highest BCUT2D eigenvalue weighted by molar-refractivity contribution is 14.1. The topological polar surface area (TPSA) is 41.1 Å². The molecule has 5 heteroatoms. The maximum atomic E-state index is 11.7. The second-order valence-corrected chi connectivity index (χ2v) is 6.37. The van der Waals surface area contributed by atoms with Crippen LogP contribution in [0.3, 0.4) is 0 Å². The van der Waals surface area contributed by atoms with Crippen LogP contribution in [0.2, 0.25) is 0 Å². The Morgan fingerprint density at radius 2 is 2.35 bits per heavy atom. The molecule has 1 aromatic rings. The van der Waals surface area contributed by atoms with Crippen LogP contribution >= 0.6 is 34.4 Å². The maximum Gasteiger partial charge on any atom is 0.234 e. The van der Waals surface area contributed by atoms with Gasteiger partial charge in [0.25, 0.3) is 0 Å². The highest BCUT2D eigenvalue weighted by Gasteiger charge is 2.16. The number of amides is 1. The summed E-state index contributed by atoms with van der Waals surface area (Å²) in [6.07, 6.45) is 0. The minimum atomic E-state index is 0.0873. The van der Waals surface area contributed by atoms with Gasteiger partial charge in [0, 0.05) is 9.26 Å². The van der Waals surface area contributed by atoms with Crippen LogP contribution in [-0.4, -0.2) is 30.5 Å². The number of carbonyl (C=O) groups is 1. The molecule has 1 aliphatic heterocycles. The Hall–Kier alpha value is -0.270. The van der Waals surface area contributed by atoms with Gasteiger partial charge in [-0.25, -0.2) is 0 Å². The Morgan fingerprint density at radius 1 is 1.53 bits per heavy atom. The van der Waals surface area contributed by atoms with Gasteiger partial charge >= 0.3 is 0 Å². The van der Waals surface area contributed by atoms with Gasteiger partial charge < -0.3 is 10.6 Å². The van der Waals surface area contributed by atoms with E-state index in [4.69, 9.17) is 0 Å². The van der Waals surface area contributed by atoms with Gasteiger partial charge in [-0.05, 0) is 65.6 Å². The lowest BCUT2D eigenvalue weighted by molar-refractivity contribution is -0.113. The zero-order valence-electron chi connectivity index (χ0n) is 9.41. The molecule has 1 saturated heterocycles. The minimum absolute atomic E-state index is 0.0873. The van der Waals surface area contributed by atoms with E-state index in [9.17, 15) is 4.79 Å². The molecule has 2 N–H and O–H groups in total. The summed E-state index contributed by atoms with van der Waals surface area (Å²) in [6, 6.07) is 7.85. The summed E-state index contributed by atoms with van der Waals surface area (Å²) >= 11 is 3.95. The number of halogens is 1. The number of carbonyl (C=O) groups excluding carboxylic acids is 1. The molecule has 0 aromatic heterocycles. The lowest BCUT2D eigenvalue weighted by atomic mass is 10.1. The molecule has 0 aliphatic carbocycles. The number of rotatable bonds is 5. The zero-order valence-corrected chi connectivity index (χ0v) is 12.4. The molecule has 0 saturated carbocycles. The Labute approximate surface area is 119 Å². The van der Waals surface area contributed by atoms with Crippen molar-refractivity contribution in [1.82, 2.24) is 5.32 Å². The summed E-state index contributed by atoms with van der Waals surface area (Å²) in [5.74, 6) is 2.46. The van der Waals surface area contributed by atoms with Crippen LogP contribution in [0.25, 0.3) is 0 Å². The predicted molar refractivity (Wildman–Crippen MR) is 81.5 cm³/mol. The van der Waals surface area contributed by atoms with Crippen molar-refractivity contribution in [3.8, 4) is 0 Å². The van der Waals surface area contributed by atoms with Crippen molar-refractivity contribution in [2.75, 3.05) is 29.9 Å². The standard InChI is InChI=1S/C12H15IN2OS/c13-10-2-1-3-11(4-10)15-12(16)8-17-7-9-5-14-6-9/h1-4,9,14H,5-8H2,(H,15,16). The fraction of sp³-hybridized carbons (Fsp3) is 0.417. The molecule has 0 atom stereocenters. The van der Waals surface area contributed by atoms with E-state index in [-0.39, 0.29) is 5.91 Å². The molecule has 2 rings (SSSR count). The Bertz CT molecular complexity index is 396. The molecule has 17 heavy (non-hydrogen) atoms. The van der Waals surface area contributed by atoms with Gasteiger partial charge in [0.2, 0.25) is 5.91 Å². The average molecular weight is 362 g/mol. The molecular weight excluding hydrogens is 347 g/mol. The third kappa shape index (κ3) is 4.48. The van der Waals surface area contributed by atoms with E-state index in [1.807, 2.05) is 24.3 Å². The zero-order chi connectivity index (χ0) is 12.1. The first kappa shape index (κ1) is 13.2. The van der Waals surface area contributed by atoms with Crippen molar-refractivity contribution in [3.63, 3.8) is 0 Å². The van der Waals surface area contributed by atoms with Gasteiger partial charge in [-0.1, -0.05) is 6.07 Å². The first-order chi connectivity index (χ1) is 8.24. The van der Waals surface area contributed by atoms with Crippen LogP contribution in [0.5, 0.6) is 0 Å². The minimum Gasteiger partial charge on any atom is -0.325 e. The second-order valence-electron chi connectivity index (χ2n) is 4.10. The molecule has 1 amide bonds. The van der Waals surface area contributed by atoms with Crippen LogP contribution in [0.15, 0.2) is 24.3 Å². The van der Waals surface area contributed by atoms with E-state index in [2.05, 4.69) is 33.2 Å². The quantitative estimate of drug-likeness (QED) is 0.789. The summed E-state index contributed by atoms with van der Waals surface area (Å²) in [5.41, 5.74) is 0.882. The number of hydrogen-bond acceptors (Lipinski definition) is 3. The van der Waals surface area contributed by atoms with E-state index in [0.29, 0.717) is 5.75 Å². The fourth-order valence-electron chi connectivity index (χ4n) is 1.55. The largest absolute Gasteiger partial charge is 0.325 e. The summed E-state index contributed by atoms with van der Waals surface area (Å²) < 4.78 is 1.13. The number of nitrogens with one attached hydrogen (secondary N) is 2. The number of thioether (sulfide) groups is 1. The summed E-state index contributed by atoms with van der Waals surface area (Å²) in [5, 5.41) is 6.14. The third-order valence-electron chi connectivity index (χ3n) is 2.56. The van der Waals surface area contributed by atoms with E-state index >= 15 is 0 Å². The monoisotopic (exact) mass is 362 g/mol. The van der Waals surface area contributed by atoms with Crippen molar-refractivity contribution in [2.45, 2.75) is 0 Å². The lowest BCUT2D eigenvalue weighted by Crippen LogP contribution is -2.43. The highest BCUT2D eigenvalue weighted by Crippen LogP contribution is 2.15. The Morgan fingerprint density at radius 3 is 3.00 bits per heavy atom. The molecule has 1 heterocycles. The van der Waals surface area contributed by atoms with Crippen molar-refractivity contribution in [1.29, 1.82) is 0 Å². The average Bonchev–Trinajstić information content (AvgIpc) is 2.22. The van der Waals surface area contributed by atoms with Crippen LogP contribution < -0.4 is 10.6 Å². The molecule has 3 nitrogen and oxygen atoms in total. The Balaban J connectivity index is 1.69. The molecule has 0 radical (unpaired) electrons. The Kier molecular flexibility index (Phi) is 5.12. The molecule has 0 unspecified atom stereocenters. The normalized spacial score (nSPS) is 15.4. The van der Waals surface area contributed by atoms with Crippen molar-refractivity contribution < 1.29 is 4.79 Å². The highest BCUT2D eigenvalue weighted by atomic mass is 127. The van der Waals surface area contributed by atoms with E-state index in [1.165, 1.54) is 0 Å². The number of hydrogen-bond donors (Lipinski definition) is 2. The predicted octanol–water partition coefficient (Wildman–Crippen LogP) is 2.18. The van der Waals surface area contributed by atoms with Crippen LogP contribution in [0, 0.1) is 9.49 Å². The first-order valence-corrected chi connectivity index (χ1v) is 7.81. The molecular formula is C12H15IN2OS. The van der Waals surface area contributed by atoms with Gasteiger partial charge in [-0.3, -0.25) is 4.79 Å². The summed E-state index contributed by atoms with van der Waals surface area (Å²) in [6.45, 7) is 2.21. The van der Waals surface area contributed by atoms with Crippen molar-refractivity contribution in [2.24, 2.45) is 5.92 Å². The molecule has 92 valence electrons. The number of benzene rings is 1. The smallest absolute Gasteiger partial charge is 0.234 e. The van der Waals surface area contributed by atoms with Gasteiger partial charge in [-0.15, -0.1) is 0 Å². The van der Waals surface area contributed by atoms with E-state index in [0.717, 1.165) is 34.0 Å². The summed E-state index contributed by atoms with van der Waals surface area (Å²) in [4.78, 5) is 11.7. The van der Waals surface area contributed by atoms with E-state index < -0.39 is 0 Å². The second kappa shape index (κ2) is 6.61. The van der Waals surface area contributed by atoms with Gasteiger partial charge in [0.15, 0.2) is 0 Å². The molecule has 1 aromatic carbocycles. The van der Waals surface area contributed by atoms with Gasteiger partial charge in [-0.2, -0.15) is 11.8 Å². The van der Waals surface area contributed by atoms with Gasteiger partial charge in [0.1, 0.15) is 0 Å². The molecule has 1 fully saturated rings. The maximum absolute atomic E-state index is 11.7. The lowest BCUT2D eigenvalue weighted by Gasteiger charge is -2.26. The number of anilines is 1. The van der Waals surface area contributed by atoms with E-state index in [1.54, 1.807) is 11.8 Å². The third-order valence-corrected chi connectivity index (χ3v) is 4.41. The van der Waals surface area contributed by atoms with Crippen LogP contribution in [0.4, 0.5) is 5.69 Å². The van der Waals surface area contributed by atoms with Crippen LogP contribution in [0.1, 0.15) is 0 Å². The molecule has 0 spiro atoms. The van der Waals surface area contributed by atoms with Crippen molar-refractivity contribution >= 4 is 45.9 Å². The first-order valence-electron chi connectivity index (χ1n) is 5.58. The van der Waals surface area contributed by atoms with Crippen LogP contribution in [-0.2, 0) is 4.79 Å².